The Kier molecular flexibility index (Phi) is 12.1. The lowest BCUT2D eigenvalue weighted by atomic mass is 10.0. The van der Waals surface area contributed by atoms with Crippen LogP contribution in [-0.2, 0) is 11.2 Å². The molecule has 0 radical (unpaired) electrons. The van der Waals surface area contributed by atoms with Crippen LogP contribution < -0.4 is 4.74 Å². The van der Waals surface area contributed by atoms with Crippen molar-refractivity contribution in [3.05, 3.63) is 42.0 Å². The molecule has 1 fully saturated rings. The minimum atomic E-state index is -0.0399. The van der Waals surface area contributed by atoms with Gasteiger partial charge in [0.25, 0.3) is 0 Å². The Morgan fingerprint density at radius 3 is 1.97 bits per heavy atom. The molecular formula is C27H44O2. The van der Waals surface area contributed by atoms with Gasteiger partial charge in [-0.2, -0.15) is 0 Å². The molecular weight excluding hydrogens is 356 g/mol. The van der Waals surface area contributed by atoms with E-state index in [9.17, 15) is 0 Å². The molecule has 0 aliphatic carbocycles. The zero-order valence-electron chi connectivity index (χ0n) is 19.1. The molecule has 1 saturated heterocycles. The summed E-state index contributed by atoms with van der Waals surface area (Å²) >= 11 is 0. The maximum atomic E-state index is 5.79. The summed E-state index contributed by atoms with van der Waals surface area (Å²) in [5, 5.41) is 0. The third-order valence-corrected chi connectivity index (χ3v) is 5.83. The van der Waals surface area contributed by atoms with Gasteiger partial charge in [0.1, 0.15) is 18.0 Å². The standard InChI is InChI=1S/C27H44O2/c1-3-4-5-6-7-8-9-10-11-12-13-14-15-16-17-18-25-19-21-26(22-20-25)28-23-27(2)24-29-27/h11-12,19-22H,3-10,13-18,23-24H2,1-2H3/b12-11+. The fraction of sp³-hybridized carbons (Fsp3) is 0.704. The first kappa shape index (κ1) is 24.0. The average molecular weight is 401 g/mol. The van der Waals surface area contributed by atoms with E-state index in [1.807, 2.05) is 0 Å². The fourth-order valence-corrected chi connectivity index (χ4v) is 3.59. The molecule has 1 aliphatic rings. The topological polar surface area (TPSA) is 21.8 Å². The number of rotatable bonds is 18. The molecule has 1 atom stereocenters. The van der Waals surface area contributed by atoms with Gasteiger partial charge in [-0.25, -0.2) is 0 Å². The molecule has 164 valence electrons. The molecule has 0 N–H and O–H groups in total. The van der Waals surface area contributed by atoms with Crippen molar-refractivity contribution in [3.8, 4) is 5.75 Å². The number of unbranched alkanes of at least 4 members (excludes halogenated alkanes) is 11. The number of ether oxygens (including phenoxy) is 2. The Morgan fingerprint density at radius 1 is 0.828 bits per heavy atom. The maximum absolute atomic E-state index is 5.79. The third kappa shape index (κ3) is 12.1. The van der Waals surface area contributed by atoms with Crippen LogP contribution in [0.1, 0.15) is 103 Å². The highest BCUT2D eigenvalue weighted by Gasteiger charge is 2.40. The van der Waals surface area contributed by atoms with Crippen LogP contribution in [0.2, 0.25) is 0 Å². The fourth-order valence-electron chi connectivity index (χ4n) is 3.59. The van der Waals surface area contributed by atoms with Gasteiger partial charge in [-0.05, 0) is 63.1 Å². The van der Waals surface area contributed by atoms with Gasteiger partial charge in [0.15, 0.2) is 0 Å². The number of allylic oxidation sites excluding steroid dienone is 2. The third-order valence-electron chi connectivity index (χ3n) is 5.83. The number of epoxide rings is 1. The Bertz CT molecular complexity index is 542. The Balaban J connectivity index is 1.37. The number of aryl methyl sites for hydroxylation is 1. The van der Waals surface area contributed by atoms with E-state index in [0.29, 0.717) is 6.61 Å². The van der Waals surface area contributed by atoms with Crippen molar-refractivity contribution in [1.29, 1.82) is 0 Å². The SMILES string of the molecule is CCCCCCCCC/C=C/CCCCCCc1ccc(OCC2(C)CO2)cc1. The summed E-state index contributed by atoms with van der Waals surface area (Å²) in [6.45, 7) is 5.85. The van der Waals surface area contributed by atoms with E-state index in [1.54, 1.807) is 0 Å². The van der Waals surface area contributed by atoms with Crippen LogP contribution in [-0.4, -0.2) is 18.8 Å². The molecule has 0 saturated carbocycles. The average Bonchev–Trinajstić information content (AvgIpc) is 3.48. The van der Waals surface area contributed by atoms with Crippen molar-refractivity contribution in [3.63, 3.8) is 0 Å². The highest BCUT2D eigenvalue weighted by molar-refractivity contribution is 5.27. The monoisotopic (exact) mass is 400 g/mol. The van der Waals surface area contributed by atoms with Crippen molar-refractivity contribution in [2.24, 2.45) is 0 Å². The normalized spacial score (nSPS) is 18.4. The molecule has 2 nitrogen and oxygen atoms in total. The van der Waals surface area contributed by atoms with Crippen molar-refractivity contribution in [1.82, 2.24) is 0 Å². The smallest absolute Gasteiger partial charge is 0.123 e. The quantitative estimate of drug-likeness (QED) is 0.141. The van der Waals surface area contributed by atoms with Gasteiger partial charge in [-0.15, -0.1) is 0 Å². The molecule has 1 aliphatic heterocycles. The summed E-state index contributed by atoms with van der Waals surface area (Å²) in [5.41, 5.74) is 1.38. The second-order valence-corrected chi connectivity index (χ2v) is 9.01. The van der Waals surface area contributed by atoms with E-state index in [2.05, 4.69) is 50.3 Å². The molecule has 1 aromatic rings. The summed E-state index contributed by atoms with van der Waals surface area (Å²) in [6, 6.07) is 8.60. The van der Waals surface area contributed by atoms with E-state index in [0.717, 1.165) is 12.4 Å². The summed E-state index contributed by atoms with van der Waals surface area (Å²) in [4.78, 5) is 0. The van der Waals surface area contributed by atoms with Gasteiger partial charge in [0.05, 0.1) is 6.61 Å². The molecule has 2 heteroatoms. The molecule has 0 aromatic heterocycles. The summed E-state index contributed by atoms with van der Waals surface area (Å²) < 4.78 is 11.1. The maximum Gasteiger partial charge on any atom is 0.123 e. The predicted octanol–water partition coefficient (Wildman–Crippen LogP) is 8.04. The van der Waals surface area contributed by atoms with Gasteiger partial charge >= 0.3 is 0 Å². The van der Waals surface area contributed by atoms with Gasteiger partial charge in [0.2, 0.25) is 0 Å². The molecule has 1 unspecified atom stereocenters. The van der Waals surface area contributed by atoms with Crippen molar-refractivity contribution in [2.75, 3.05) is 13.2 Å². The Labute approximate surface area is 180 Å². The minimum absolute atomic E-state index is 0.0399. The van der Waals surface area contributed by atoms with Crippen LogP contribution in [0.5, 0.6) is 5.75 Å². The van der Waals surface area contributed by atoms with Gasteiger partial charge in [-0.1, -0.05) is 82.6 Å². The molecule has 29 heavy (non-hydrogen) atoms. The first-order valence-electron chi connectivity index (χ1n) is 12.2. The van der Waals surface area contributed by atoms with Gasteiger partial charge in [0, 0.05) is 0 Å². The van der Waals surface area contributed by atoms with Gasteiger partial charge in [-0.3, -0.25) is 0 Å². The Morgan fingerprint density at radius 2 is 1.38 bits per heavy atom. The molecule has 0 amide bonds. The van der Waals surface area contributed by atoms with E-state index in [-0.39, 0.29) is 5.60 Å². The lowest BCUT2D eigenvalue weighted by Crippen LogP contribution is -2.16. The molecule has 2 rings (SSSR count). The predicted molar refractivity (Wildman–Crippen MR) is 125 cm³/mol. The van der Waals surface area contributed by atoms with Crippen molar-refractivity contribution < 1.29 is 9.47 Å². The van der Waals surface area contributed by atoms with Crippen molar-refractivity contribution >= 4 is 0 Å². The minimum Gasteiger partial charge on any atom is -0.491 e. The Hall–Kier alpha value is -1.28. The largest absolute Gasteiger partial charge is 0.491 e. The highest BCUT2D eigenvalue weighted by Crippen LogP contribution is 2.27. The van der Waals surface area contributed by atoms with E-state index < -0.39 is 0 Å². The van der Waals surface area contributed by atoms with E-state index in [4.69, 9.17) is 9.47 Å². The first-order valence-corrected chi connectivity index (χ1v) is 12.2. The summed E-state index contributed by atoms with van der Waals surface area (Å²) in [5.74, 6) is 0.953. The van der Waals surface area contributed by atoms with Crippen LogP contribution >= 0.6 is 0 Å². The molecule has 0 spiro atoms. The number of hydrogen-bond donors (Lipinski definition) is 0. The van der Waals surface area contributed by atoms with Crippen LogP contribution in [0.3, 0.4) is 0 Å². The second-order valence-electron chi connectivity index (χ2n) is 9.01. The van der Waals surface area contributed by atoms with E-state index >= 15 is 0 Å². The number of hydrogen-bond acceptors (Lipinski definition) is 2. The van der Waals surface area contributed by atoms with Crippen molar-refractivity contribution in [2.45, 2.75) is 109 Å². The summed E-state index contributed by atoms with van der Waals surface area (Å²) in [7, 11) is 0. The second kappa shape index (κ2) is 14.7. The van der Waals surface area contributed by atoms with Crippen LogP contribution in [0, 0.1) is 0 Å². The van der Waals surface area contributed by atoms with Crippen LogP contribution in [0.15, 0.2) is 36.4 Å². The highest BCUT2D eigenvalue weighted by atomic mass is 16.6. The first-order chi connectivity index (χ1) is 14.2. The van der Waals surface area contributed by atoms with E-state index in [1.165, 1.54) is 95.5 Å². The zero-order valence-corrected chi connectivity index (χ0v) is 19.1. The molecule has 0 bridgehead atoms. The zero-order chi connectivity index (χ0) is 20.6. The van der Waals surface area contributed by atoms with Crippen LogP contribution in [0.25, 0.3) is 0 Å². The molecule has 1 aromatic carbocycles. The lowest BCUT2D eigenvalue weighted by Gasteiger charge is -2.09. The number of benzene rings is 1. The summed E-state index contributed by atoms with van der Waals surface area (Å²) in [6.07, 6.45) is 23.7. The lowest BCUT2D eigenvalue weighted by molar-refractivity contribution is 0.202. The van der Waals surface area contributed by atoms with Gasteiger partial charge < -0.3 is 9.47 Å². The molecule has 1 heterocycles. The van der Waals surface area contributed by atoms with Crippen LogP contribution in [0.4, 0.5) is 0 Å².